The van der Waals surface area contributed by atoms with E-state index in [0.29, 0.717) is 0 Å². The Morgan fingerprint density at radius 3 is 1.21 bits per heavy atom. The van der Waals surface area contributed by atoms with Crippen LogP contribution in [0.25, 0.3) is 55.6 Å². The molecule has 0 radical (unpaired) electrons. The third-order valence-electron chi connectivity index (χ3n) is 5.29. The molecule has 0 N–H and O–H groups in total. The lowest BCUT2D eigenvalue weighted by atomic mass is 9.81. The number of hydrogen-bond acceptors (Lipinski definition) is 0. The molecular weight excluding hydrogens is 288 g/mol. The van der Waals surface area contributed by atoms with Crippen molar-refractivity contribution >= 4 is 0 Å². The Hall–Kier alpha value is -3.12. The number of fused-ring (bicyclic) bond motifs is 10. The molecule has 0 fully saturated rings. The maximum absolute atomic E-state index is 2.30. The van der Waals surface area contributed by atoms with Crippen LogP contribution in [0.4, 0.5) is 0 Å². The first kappa shape index (κ1) is 12.3. The van der Waals surface area contributed by atoms with Crippen LogP contribution in [0.1, 0.15) is 0 Å². The second-order valence-electron chi connectivity index (χ2n) is 6.58. The molecule has 0 heteroatoms. The molecule has 3 aromatic carbocycles. The first-order chi connectivity index (χ1) is 11.9. The Bertz CT molecular complexity index is 1030. The summed E-state index contributed by atoms with van der Waals surface area (Å²) in [6.07, 6.45) is 0. The monoisotopic (exact) mass is 302 g/mol. The lowest BCUT2D eigenvalue weighted by Crippen LogP contribution is -1.96. The van der Waals surface area contributed by atoms with Crippen LogP contribution in [-0.2, 0) is 0 Å². The van der Waals surface area contributed by atoms with Gasteiger partial charge in [0.1, 0.15) is 0 Å². The summed E-state index contributed by atoms with van der Waals surface area (Å²) in [5.41, 5.74) is 14.4. The third-order valence-corrected chi connectivity index (χ3v) is 5.29. The van der Waals surface area contributed by atoms with Crippen molar-refractivity contribution in [1.82, 2.24) is 0 Å². The highest BCUT2D eigenvalue weighted by molar-refractivity contribution is 6.16. The summed E-state index contributed by atoms with van der Waals surface area (Å²) < 4.78 is 0. The molecule has 0 nitrogen and oxygen atoms in total. The van der Waals surface area contributed by atoms with Crippen LogP contribution in [-0.4, -0.2) is 0 Å². The summed E-state index contributed by atoms with van der Waals surface area (Å²) in [6.45, 7) is 0. The lowest BCUT2D eigenvalue weighted by Gasteiger charge is -2.22. The van der Waals surface area contributed by atoms with Crippen LogP contribution >= 0.6 is 0 Å². The third kappa shape index (κ3) is 1.48. The number of benzene rings is 4. The van der Waals surface area contributed by atoms with E-state index in [1.807, 2.05) is 0 Å². The standard InChI is InChI=1S/C12H6.C12H8/c1-2-4-9-8(3-1)11-6-7-5-10(7)12(9)11;1-2-6-10-9(5-1)11-7-3-4-8-12(10)11/h1-6H;1-8H. The minimum Gasteiger partial charge on any atom is -0.0616 e. The highest BCUT2D eigenvalue weighted by Gasteiger charge is 2.32. The van der Waals surface area contributed by atoms with Gasteiger partial charge in [-0.25, -0.2) is 0 Å². The zero-order valence-electron chi connectivity index (χ0n) is 13.1. The van der Waals surface area contributed by atoms with Gasteiger partial charge in [0.25, 0.3) is 0 Å². The van der Waals surface area contributed by atoms with Gasteiger partial charge in [-0.2, -0.15) is 0 Å². The summed E-state index contributed by atoms with van der Waals surface area (Å²) in [5, 5.41) is 0. The minimum absolute atomic E-state index is 1.40. The molecule has 0 aromatic heterocycles. The summed E-state index contributed by atoms with van der Waals surface area (Å²) in [6, 6.07) is 30.3. The van der Waals surface area contributed by atoms with E-state index in [1.54, 1.807) is 0 Å². The van der Waals surface area contributed by atoms with Gasteiger partial charge in [-0.05, 0) is 67.8 Å². The number of rotatable bonds is 0. The average molecular weight is 302 g/mol. The van der Waals surface area contributed by atoms with Crippen molar-refractivity contribution in [3.05, 3.63) is 84.9 Å². The minimum atomic E-state index is 1.40. The molecule has 0 amide bonds. The van der Waals surface area contributed by atoms with Gasteiger partial charge in [0.15, 0.2) is 0 Å². The highest BCUT2D eigenvalue weighted by atomic mass is 14.3. The molecule has 7 rings (SSSR count). The average Bonchev–Trinajstić information content (AvgIpc) is 3.30. The number of hydrogen-bond donors (Lipinski definition) is 0. The fourth-order valence-electron chi connectivity index (χ4n) is 4.05. The molecule has 4 aliphatic carbocycles. The Kier molecular flexibility index (Phi) is 2.18. The van der Waals surface area contributed by atoms with E-state index >= 15 is 0 Å². The van der Waals surface area contributed by atoms with E-state index < -0.39 is 0 Å². The predicted molar refractivity (Wildman–Crippen MR) is 101 cm³/mol. The maximum Gasteiger partial charge on any atom is -0.00199 e. The molecule has 24 heavy (non-hydrogen) atoms. The fraction of sp³-hybridized carbons (Fsp3) is 0. The molecule has 3 aromatic rings. The van der Waals surface area contributed by atoms with Gasteiger partial charge in [0, 0.05) is 0 Å². The molecule has 0 saturated carbocycles. The molecule has 110 valence electrons. The van der Waals surface area contributed by atoms with E-state index in [0.717, 1.165) is 0 Å². The molecule has 0 saturated heterocycles. The van der Waals surface area contributed by atoms with Gasteiger partial charge >= 0.3 is 0 Å². The van der Waals surface area contributed by atoms with E-state index in [-0.39, 0.29) is 0 Å². The van der Waals surface area contributed by atoms with Gasteiger partial charge in [0.05, 0.1) is 0 Å². The van der Waals surface area contributed by atoms with Crippen molar-refractivity contribution < 1.29 is 0 Å². The van der Waals surface area contributed by atoms with E-state index in [1.165, 1.54) is 55.6 Å². The van der Waals surface area contributed by atoms with Crippen molar-refractivity contribution in [3.8, 4) is 55.6 Å². The summed E-state index contributed by atoms with van der Waals surface area (Å²) in [7, 11) is 0. The molecule has 0 atom stereocenters. The second kappa shape index (κ2) is 4.24. The van der Waals surface area contributed by atoms with E-state index in [9.17, 15) is 0 Å². The van der Waals surface area contributed by atoms with E-state index in [2.05, 4.69) is 84.9 Å². The largest absolute Gasteiger partial charge is 0.0616 e. The fourth-order valence-corrected chi connectivity index (χ4v) is 4.05. The van der Waals surface area contributed by atoms with Crippen LogP contribution < -0.4 is 0 Å². The molecular formula is C24H14. The van der Waals surface area contributed by atoms with Crippen LogP contribution in [0.3, 0.4) is 0 Å². The predicted octanol–water partition coefficient (Wildman–Crippen LogP) is 6.65. The van der Waals surface area contributed by atoms with Crippen LogP contribution in [0, 0.1) is 0 Å². The molecule has 0 bridgehead atoms. The Morgan fingerprint density at radius 2 is 0.708 bits per heavy atom. The summed E-state index contributed by atoms with van der Waals surface area (Å²) in [5.74, 6) is 0. The molecule has 0 aliphatic heterocycles. The van der Waals surface area contributed by atoms with Gasteiger partial charge in [-0.1, -0.05) is 72.8 Å². The molecule has 0 unspecified atom stereocenters. The Morgan fingerprint density at radius 1 is 0.333 bits per heavy atom. The van der Waals surface area contributed by atoms with Crippen molar-refractivity contribution in [3.63, 3.8) is 0 Å². The lowest BCUT2D eigenvalue weighted by molar-refractivity contribution is 1.52. The molecule has 0 spiro atoms. The topological polar surface area (TPSA) is 0 Å². The Labute approximate surface area is 141 Å². The van der Waals surface area contributed by atoms with Gasteiger partial charge < -0.3 is 0 Å². The van der Waals surface area contributed by atoms with Gasteiger partial charge in [-0.3, -0.25) is 0 Å². The Balaban J connectivity index is 0.000000100. The normalized spacial score (nSPS) is 12.2. The van der Waals surface area contributed by atoms with Crippen molar-refractivity contribution in [1.29, 1.82) is 0 Å². The SMILES string of the molecule is c1ccc2c(c1)-c1cc3cc-3c1-2.c1ccc2c(c1)-c1ccccc1-2. The summed E-state index contributed by atoms with van der Waals surface area (Å²) >= 11 is 0. The van der Waals surface area contributed by atoms with Crippen molar-refractivity contribution in [2.75, 3.05) is 0 Å². The van der Waals surface area contributed by atoms with Crippen molar-refractivity contribution in [2.45, 2.75) is 0 Å². The highest BCUT2D eigenvalue weighted by Crippen LogP contribution is 2.59. The van der Waals surface area contributed by atoms with Gasteiger partial charge in [-0.15, -0.1) is 0 Å². The first-order valence-corrected chi connectivity index (χ1v) is 8.39. The molecule has 4 aliphatic rings. The smallest absolute Gasteiger partial charge is 0.00199 e. The first-order valence-electron chi connectivity index (χ1n) is 8.39. The van der Waals surface area contributed by atoms with Crippen molar-refractivity contribution in [2.24, 2.45) is 0 Å². The van der Waals surface area contributed by atoms with Crippen LogP contribution in [0.2, 0.25) is 0 Å². The zero-order valence-corrected chi connectivity index (χ0v) is 13.1. The summed E-state index contributed by atoms with van der Waals surface area (Å²) in [4.78, 5) is 0. The van der Waals surface area contributed by atoms with E-state index in [4.69, 9.17) is 0 Å². The van der Waals surface area contributed by atoms with Gasteiger partial charge in [0.2, 0.25) is 0 Å². The van der Waals surface area contributed by atoms with Crippen LogP contribution in [0.15, 0.2) is 84.9 Å². The second-order valence-corrected chi connectivity index (χ2v) is 6.58. The zero-order chi connectivity index (χ0) is 15.7. The molecule has 0 heterocycles. The van der Waals surface area contributed by atoms with Crippen LogP contribution in [0.5, 0.6) is 0 Å². The maximum atomic E-state index is 2.30. The quantitative estimate of drug-likeness (QED) is 0.294.